The van der Waals surface area contributed by atoms with E-state index in [4.69, 9.17) is 4.74 Å². The fourth-order valence-electron chi connectivity index (χ4n) is 2.20. The molecule has 0 saturated carbocycles. The molecule has 1 heterocycles. The standard InChI is InChI=1S/C18H21N3O2/c1-14-12-17(23-2)7-6-16(14)4-3-5-18(22)21-20-13-15-8-10-19-11-9-15/h6-13H,3-5H2,1-2H3,(H,21,22)/b20-13-. The molecule has 0 atom stereocenters. The van der Waals surface area contributed by atoms with Crippen molar-refractivity contribution in [2.75, 3.05) is 7.11 Å². The van der Waals surface area contributed by atoms with Gasteiger partial charge in [0.15, 0.2) is 0 Å². The van der Waals surface area contributed by atoms with Crippen molar-refractivity contribution in [2.45, 2.75) is 26.2 Å². The number of hydrogen-bond acceptors (Lipinski definition) is 4. The highest BCUT2D eigenvalue weighted by atomic mass is 16.5. The first kappa shape index (κ1) is 16.7. The van der Waals surface area contributed by atoms with Gasteiger partial charge in [-0.3, -0.25) is 9.78 Å². The molecule has 5 heteroatoms. The van der Waals surface area contributed by atoms with Gasteiger partial charge in [-0.1, -0.05) is 6.07 Å². The first-order valence-electron chi connectivity index (χ1n) is 7.54. The molecule has 0 aliphatic carbocycles. The van der Waals surface area contributed by atoms with Crippen LogP contribution in [0.25, 0.3) is 0 Å². The molecule has 120 valence electrons. The van der Waals surface area contributed by atoms with Crippen molar-refractivity contribution in [1.29, 1.82) is 0 Å². The lowest BCUT2D eigenvalue weighted by molar-refractivity contribution is -0.121. The minimum atomic E-state index is -0.0820. The van der Waals surface area contributed by atoms with E-state index in [0.717, 1.165) is 24.2 Å². The summed E-state index contributed by atoms with van der Waals surface area (Å²) in [5.74, 6) is 0.774. The van der Waals surface area contributed by atoms with Crippen molar-refractivity contribution in [3.05, 3.63) is 59.4 Å². The highest BCUT2D eigenvalue weighted by Gasteiger charge is 2.03. The maximum atomic E-state index is 11.8. The van der Waals surface area contributed by atoms with Crippen LogP contribution < -0.4 is 10.2 Å². The number of aryl methyl sites for hydroxylation is 2. The molecule has 0 aliphatic rings. The predicted molar refractivity (Wildman–Crippen MR) is 90.6 cm³/mol. The van der Waals surface area contributed by atoms with Gasteiger partial charge in [-0.2, -0.15) is 5.10 Å². The highest BCUT2D eigenvalue weighted by Crippen LogP contribution is 2.18. The lowest BCUT2D eigenvalue weighted by Crippen LogP contribution is -2.17. The molecule has 1 N–H and O–H groups in total. The Labute approximate surface area is 136 Å². The smallest absolute Gasteiger partial charge is 0.240 e. The second-order valence-electron chi connectivity index (χ2n) is 5.22. The summed E-state index contributed by atoms with van der Waals surface area (Å²) in [5.41, 5.74) is 5.85. The molecular formula is C18H21N3O2. The molecule has 0 fully saturated rings. The Bertz CT molecular complexity index is 669. The number of rotatable bonds is 7. The average molecular weight is 311 g/mol. The zero-order valence-electron chi connectivity index (χ0n) is 13.5. The second-order valence-corrected chi connectivity index (χ2v) is 5.22. The summed E-state index contributed by atoms with van der Waals surface area (Å²) in [6.07, 6.45) is 7.05. The number of ether oxygens (including phenoxy) is 1. The Morgan fingerprint density at radius 3 is 2.78 bits per heavy atom. The Hall–Kier alpha value is -2.69. The fourth-order valence-corrected chi connectivity index (χ4v) is 2.20. The second kappa shape index (κ2) is 8.68. The SMILES string of the molecule is COc1ccc(CCCC(=O)N/N=C\c2ccncc2)c(C)c1. The molecule has 0 bridgehead atoms. The zero-order chi connectivity index (χ0) is 16.5. The van der Waals surface area contributed by atoms with Crippen LogP contribution in [0.2, 0.25) is 0 Å². The Morgan fingerprint density at radius 1 is 1.30 bits per heavy atom. The number of nitrogens with one attached hydrogen (secondary N) is 1. The van der Waals surface area contributed by atoms with Gasteiger partial charge >= 0.3 is 0 Å². The summed E-state index contributed by atoms with van der Waals surface area (Å²) in [6.45, 7) is 2.05. The van der Waals surface area contributed by atoms with Gasteiger partial charge in [-0.15, -0.1) is 0 Å². The normalized spacial score (nSPS) is 10.7. The van der Waals surface area contributed by atoms with Crippen LogP contribution in [0.4, 0.5) is 0 Å². The van der Waals surface area contributed by atoms with Gasteiger partial charge in [0.25, 0.3) is 0 Å². The highest BCUT2D eigenvalue weighted by molar-refractivity contribution is 5.82. The summed E-state index contributed by atoms with van der Waals surface area (Å²) in [6, 6.07) is 9.65. The number of carbonyl (C=O) groups is 1. The number of pyridine rings is 1. The molecular weight excluding hydrogens is 290 g/mol. The maximum Gasteiger partial charge on any atom is 0.240 e. The summed E-state index contributed by atoms with van der Waals surface area (Å²) in [7, 11) is 1.66. The molecule has 1 aromatic heterocycles. The maximum absolute atomic E-state index is 11.8. The molecule has 23 heavy (non-hydrogen) atoms. The number of methoxy groups -OCH3 is 1. The van der Waals surface area contributed by atoms with Crippen LogP contribution in [0.3, 0.4) is 0 Å². The van der Waals surface area contributed by atoms with E-state index in [9.17, 15) is 4.79 Å². The summed E-state index contributed by atoms with van der Waals surface area (Å²) in [4.78, 5) is 15.7. The van der Waals surface area contributed by atoms with Gasteiger partial charge in [-0.05, 0) is 60.7 Å². The quantitative estimate of drug-likeness (QED) is 0.631. The van der Waals surface area contributed by atoms with Crippen molar-refractivity contribution < 1.29 is 9.53 Å². The molecule has 2 rings (SSSR count). The summed E-state index contributed by atoms with van der Waals surface area (Å²) < 4.78 is 5.19. The Balaban J connectivity index is 1.73. The number of carbonyl (C=O) groups excluding carboxylic acids is 1. The summed E-state index contributed by atoms with van der Waals surface area (Å²) >= 11 is 0. The van der Waals surface area contributed by atoms with E-state index in [-0.39, 0.29) is 5.91 Å². The molecule has 0 aliphatic heterocycles. The van der Waals surface area contributed by atoms with Gasteiger partial charge in [0.2, 0.25) is 5.91 Å². The van der Waals surface area contributed by atoms with Crippen LogP contribution in [0.1, 0.15) is 29.5 Å². The number of benzene rings is 1. The largest absolute Gasteiger partial charge is 0.497 e. The van der Waals surface area contributed by atoms with E-state index < -0.39 is 0 Å². The van der Waals surface area contributed by atoms with Crippen LogP contribution in [-0.4, -0.2) is 24.2 Å². The third-order valence-corrected chi connectivity index (χ3v) is 3.51. The van der Waals surface area contributed by atoms with Crippen molar-refractivity contribution in [3.8, 4) is 5.75 Å². The lowest BCUT2D eigenvalue weighted by Gasteiger charge is -2.07. The summed E-state index contributed by atoms with van der Waals surface area (Å²) in [5, 5.41) is 3.94. The van der Waals surface area contributed by atoms with Gasteiger partial charge in [0, 0.05) is 18.8 Å². The third-order valence-electron chi connectivity index (χ3n) is 3.51. The van der Waals surface area contributed by atoms with E-state index in [0.29, 0.717) is 6.42 Å². The Kier molecular flexibility index (Phi) is 6.29. The van der Waals surface area contributed by atoms with Crippen molar-refractivity contribution in [2.24, 2.45) is 5.10 Å². The van der Waals surface area contributed by atoms with Crippen LogP contribution in [-0.2, 0) is 11.2 Å². The van der Waals surface area contributed by atoms with E-state index in [1.807, 2.05) is 30.3 Å². The molecule has 0 saturated heterocycles. The number of hydrazone groups is 1. The van der Waals surface area contributed by atoms with Crippen molar-refractivity contribution >= 4 is 12.1 Å². The molecule has 5 nitrogen and oxygen atoms in total. The van der Waals surface area contributed by atoms with Crippen LogP contribution >= 0.6 is 0 Å². The minimum absolute atomic E-state index is 0.0820. The zero-order valence-corrected chi connectivity index (χ0v) is 13.5. The molecule has 0 spiro atoms. The van der Waals surface area contributed by atoms with Crippen LogP contribution in [0.5, 0.6) is 5.75 Å². The van der Waals surface area contributed by atoms with Crippen LogP contribution in [0.15, 0.2) is 47.8 Å². The first-order chi connectivity index (χ1) is 11.2. The fraction of sp³-hybridized carbons (Fsp3) is 0.278. The van der Waals surface area contributed by atoms with Gasteiger partial charge in [-0.25, -0.2) is 5.43 Å². The van der Waals surface area contributed by atoms with Gasteiger partial charge in [0.05, 0.1) is 13.3 Å². The van der Waals surface area contributed by atoms with Crippen LogP contribution in [0, 0.1) is 6.92 Å². The number of aromatic nitrogens is 1. The lowest BCUT2D eigenvalue weighted by atomic mass is 10.0. The topological polar surface area (TPSA) is 63.6 Å². The first-order valence-corrected chi connectivity index (χ1v) is 7.54. The Morgan fingerprint density at radius 2 is 2.09 bits per heavy atom. The van der Waals surface area contributed by atoms with E-state index in [2.05, 4.69) is 22.4 Å². The predicted octanol–water partition coefficient (Wildman–Crippen LogP) is 2.87. The monoisotopic (exact) mass is 311 g/mol. The minimum Gasteiger partial charge on any atom is -0.497 e. The third kappa shape index (κ3) is 5.54. The number of nitrogens with zero attached hydrogens (tertiary/aromatic N) is 2. The molecule has 2 aromatic rings. The molecule has 0 radical (unpaired) electrons. The van der Waals surface area contributed by atoms with Crippen molar-refractivity contribution in [3.63, 3.8) is 0 Å². The van der Waals surface area contributed by atoms with E-state index >= 15 is 0 Å². The van der Waals surface area contributed by atoms with Gasteiger partial charge in [0.1, 0.15) is 5.75 Å². The van der Waals surface area contributed by atoms with Crippen molar-refractivity contribution in [1.82, 2.24) is 10.4 Å². The average Bonchev–Trinajstić information content (AvgIpc) is 2.57. The number of amides is 1. The number of hydrogen-bond donors (Lipinski definition) is 1. The molecule has 1 aromatic carbocycles. The van der Waals surface area contributed by atoms with E-state index in [1.54, 1.807) is 25.7 Å². The van der Waals surface area contributed by atoms with E-state index in [1.165, 1.54) is 11.1 Å². The molecule has 0 unspecified atom stereocenters. The van der Waals surface area contributed by atoms with Gasteiger partial charge < -0.3 is 4.74 Å². The molecule has 1 amide bonds.